The molecule has 4 rings (SSSR count). The molecule has 1 aromatic heterocycles. The van der Waals surface area contributed by atoms with E-state index in [1.807, 2.05) is 65.0 Å². The number of rotatable bonds is 3. The van der Waals surface area contributed by atoms with Gasteiger partial charge in [0.15, 0.2) is 0 Å². The van der Waals surface area contributed by atoms with Gasteiger partial charge in [-0.05, 0) is 35.9 Å². The lowest BCUT2D eigenvalue weighted by atomic mass is 9.95. The Morgan fingerprint density at radius 1 is 1.19 bits per heavy atom. The largest absolute Gasteiger partial charge is 0.497 e. The van der Waals surface area contributed by atoms with Crippen molar-refractivity contribution in [2.45, 2.75) is 12.0 Å². The maximum Gasteiger partial charge on any atom is 0.270 e. The van der Waals surface area contributed by atoms with Crippen LogP contribution in [0.4, 0.5) is 0 Å². The predicted octanol–water partition coefficient (Wildman–Crippen LogP) is 3.41. The van der Waals surface area contributed by atoms with Crippen molar-refractivity contribution in [3.63, 3.8) is 0 Å². The zero-order valence-corrected chi connectivity index (χ0v) is 16.1. The second kappa shape index (κ2) is 6.91. The van der Waals surface area contributed by atoms with Crippen LogP contribution < -0.4 is 10.5 Å². The van der Waals surface area contributed by atoms with Crippen molar-refractivity contribution in [2.24, 2.45) is 12.8 Å². The minimum atomic E-state index is -0.112. The molecule has 1 amide bonds. The number of hydrogen-bond acceptors (Lipinski definition) is 3. The van der Waals surface area contributed by atoms with Crippen LogP contribution in [0, 0.1) is 0 Å². The molecule has 0 unspecified atom stereocenters. The number of carbonyl (C=O) groups is 1. The van der Waals surface area contributed by atoms with Gasteiger partial charge in [-0.2, -0.15) is 0 Å². The van der Waals surface area contributed by atoms with Gasteiger partial charge in [0.2, 0.25) is 0 Å². The lowest BCUT2D eigenvalue weighted by Gasteiger charge is -2.17. The molecule has 3 aromatic rings. The van der Waals surface area contributed by atoms with Gasteiger partial charge in [-0.1, -0.05) is 29.8 Å². The second-order valence-electron chi connectivity index (χ2n) is 7.02. The Kier molecular flexibility index (Phi) is 4.58. The average molecular weight is 384 g/mol. The first-order valence-electron chi connectivity index (χ1n) is 8.92. The predicted molar refractivity (Wildman–Crippen MR) is 108 cm³/mol. The highest BCUT2D eigenvalue weighted by molar-refractivity contribution is 6.35. The summed E-state index contributed by atoms with van der Waals surface area (Å²) in [6, 6.07) is 15.3. The van der Waals surface area contributed by atoms with Gasteiger partial charge in [0.05, 0.1) is 7.11 Å². The Bertz CT molecular complexity index is 1010. The molecule has 2 aromatic carbocycles. The summed E-state index contributed by atoms with van der Waals surface area (Å²) in [6.45, 7) is 1.11. The summed E-state index contributed by atoms with van der Waals surface area (Å²) in [5, 5.41) is 1.53. The molecule has 1 fully saturated rings. The summed E-state index contributed by atoms with van der Waals surface area (Å²) in [5.74, 6) is 0.862. The fourth-order valence-corrected chi connectivity index (χ4v) is 4.14. The Hall–Kier alpha value is -2.50. The molecule has 0 aliphatic carbocycles. The number of aromatic nitrogens is 1. The maximum atomic E-state index is 13.2. The van der Waals surface area contributed by atoms with Crippen LogP contribution in [-0.4, -0.2) is 41.6 Å². The zero-order chi connectivity index (χ0) is 19.1. The van der Waals surface area contributed by atoms with E-state index in [1.54, 1.807) is 7.11 Å². The molecular weight excluding hydrogens is 362 g/mol. The van der Waals surface area contributed by atoms with E-state index in [1.165, 1.54) is 0 Å². The van der Waals surface area contributed by atoms with Crippen molar-refractivity contribution < 1.29 is 9.53 Å². The van der Waals surface area contributed by atoms with Crippen LogP contribution in [0.25, 0.3) is 10.9 Å². The maximum absolute atomic E-state index is 13.2. The van der Waals surface area contributed by atoms with Crippen LogP contribution in [0.5, 0.6) is 5.75 Å². The molecule has 0 saturated carbocycles. The zero-order valence-electron chi connectivity index (χ0n) is 15.4. The van der Waals surface area contributed by atoms with Crippen LogP contribution in [0.15, 0.2) is 48.5 Å². The Morgan fingerprint density at radius 3 is 2.70 bits per heavy atom. The summed E-state index contributed by atoms with van der Waals surface area (Å²) in [4.78, 5) is 15.0. The highest BCUT2D eigenvalue weighted by atomic mass is 35.5. The minimum Gasteiger partial charge on any atom is -0.497 e. The molecule has 2 atom stereocenters. The second-order valence-corrected chi connectivity index (χ2v) is 7.43. The van der Waals surface area contributed by atoms with Crippen molar-refractivity contribution in [1.29, 1.82) is 0 Å². The third-order valence-corrected chi connectivity index (χ3v) is 5.76. The summed E-state index contributed by atoms with van der Waals surface area (Å²) < 4.78 is 7.21. The number of fused-ring (bicyclic) bond motifs is 1. The molecule has 0 bridgehead atoms. The quantitative estimate of drug-likeness (QED) is 0.754. The molecule has 0 spiro atoms. The Balaban J connectivity index is 1.62. The number of ether oxygens (including phenoxy) is 1. The van der Waals surface area contributed by atoms with E-state index in [0.29, 0.717) is 23.8 Å². The highest BCUT2D eigenvalue weighted by Gasteiger charge is 2.35. The van der Waals surface area contributed by atoms with E-state index in [-0.39, 0.29) is 17.9 Å². The van der Waals surface area contributed by atoms with Gasteiger partial charge in [0.25, 0.3) is 5.91 Å². The van der Waals surface area contributed by atoms with Crippen molar-refractivity contribution >= 4 is 28.4 Å². The number of methoxy groups -OCH3 is 1. The molecule has 27 heavy (non-hydrogen) atoms. The van der Waals surface area contributed by atoms with E-state index in [2.05, 4.69) is 0 Å². The monoisotopic (exact) mass is 383 g/mol. The van der Waals surface area contributed by atoms with Crippen LogP contribution in [0.2, 0.25) is 5.02 Å². The summed E-state index contributed by atoms with van der Waals surface area (Å²) >= 11 is 6.29. The van der Waals surface area contributed by atoms with E-state index < -0.39 is 0 Å². The van der Waals surface area contributed by atoms with Crippen molar-refractivity contribution in [2.75, 3.05) is 20.2 Å². The van der Waals surface area contributed by atoms with Crippen molar-refractivity contribution in [3.8, 4) is 5.75 Å². The van der Waals surface area contributed by atoms with Gasteiger partial charge < -0.3 is 19.9 Å². The van der Waals surface area contributed by atoms with Gasteiger partial charge in [-0.25, -0.2) is 0 Å². The van der Waals surface area contributed by atoms with Crippen molar-refractivity contribution in [1.82, 2.24) is 9.47 Å². The van der Waals surface area contributed by atoms with E-state index in [0.717, 1.165) is 22.2 Å². The first-order valence-corrected chi connectivity index (χ1v) is 9.30. The van der Waals surface area contributed by atoms with E-state index in [9.17, 15) is 4.79 Å². The summed E-state index contributed by atoms with van der Waals surface area (Å²) in [6.07, 6.45) is 0. The number of nitrogens with two attached hydrogens (primary N) is 1. The normalized spacial score (nSPS) is 19.6. The SMILES string of the molecule is COc1cccc([C@H]2CN(C(=O)c3cc4c(Cl)cccc4n3C)C[C@@H]2N)c1. The third-order valence-electron chi connectivity index (χ3n) is 5.43. The number of likely N-dealkylation sites (tertiary alicyclic amines) is 1. The lowest BCUT2D eigenvalue weighted by Crippen LogP contribution is -2.33. The van der Waals surface area contributed by atoms with Crippen LogP contribution >= 0.6 is 11.6 Å². The highest BCUT2D eigenvalue weighted by Crippen LogP contribution is 2.31. The lowest BCUT2D eigenvalue weighted by molar-refractivity contribution is 0.0780. The molecule has 0 radical (unpaired) electrons. The van der Waals surface area contributed by atoms with Gasteiger partial charge in [-0.15, -0.1) is 0 Å². The molecule has 5 nitrogen and oxygen atoms in total. The molecule has 6 heteroatoms. The Labute approximate surface area is 163 Å². The third kappa shape index (κ3) is 3.07. The number of benzene rings is 2. The molecule has 2 N–H and O–H groups in total. The summed E-state index contributed by atoms with van der Waals surface area (Å²) in [5.41, 5.74) is 9.04. The number of nitrogens with zero attached hydrogens (tertiary/aromatic N) is 2. The van der Waals surface area contributed by atoms with Crippen LogP contribution in [-0.2, 0) is 7.05 Å². The fourth-order valence-electron chi connectivity index (χ4n) is 3.91. The van der Waals surface area contributed by atoms with Crippen LogP contribution in [0.1, 0.15) is 22.0 Å². The molecule has 1 aliphatic rings. The molecule has 1 aliphatic heterocycles. The Morgan fingerprint density at radius 2 is 1.96 bits per heavy atom. The first-order chi connectivity index (χ1) is 13.0. The average Bonchev–Trinajstić information content (AvgIpc) is 3.23. The number of halogens is 1. The topological polar surface area (TPSA) is 60.5 Å². The van der Waals surface area contributed by atoms with Crippen LogP contribution in [0.3, 0.4) is 0 Å². The number of hydrogen-bond donors (Lipinski definition) is 1. The number of amides is 1. The van der Waals surface area contributed by atoms with Gasteiger partial charge in [0.1, 0.15) is 11.4 Å². The van der Waals surface area contributed by atoms with E-state index >= 15 is 0 Å². The smallest absolute Gasteiger partial charge is 0.270 e. The van der Waals surface area contributed by atoms with Gasteiger partial charge >= 0.3 is 0 Å². The molecule has 1 saturated heterocycles. The standard InChI is InChI=1S/C21H22ClN3O2/c1-24-19-8-4-7-17(22)15(19)10-20(24)21(26)25-11-16(18(23)12-25)13-5-3-6-14(9-13)27-2/h3-10,16,18H,11-12,23H2,1-2H3/t16-,18+/m1/s1. The van der Waals surface area contributed by atoms with Crippen molar-refractivity contribution in [3.05, 3.63) is 64.8 Å². The van der Waals surface area contributed by atoms with Gasteiger partial charge in [0, 0.05) is 48.0 Å². The number of aryl methyl sites for hydroxylation is 1. The molecule has 140 valence electrons. The van der Waals surface area contributed by atoms with E-state index in [4.69, 9.17) is 22.1 Å². The fraction of sp³-hybridized carbons (Fsp3) is 0.286. The molecule has 2 heterocycles. The molecular formula is C21H22ClN3O2. The minimum absolute atomic E-state index is 0.0226. The van der Waals surface area contributed by atoms with Gasteiger partial charge in [-0.3, -0.25) is 4.79 Å². The first kappa shape index (κ1) is 17.9. The number of carbonyl (C=O) groups excluding carboxylic acids is 1. The summed E-state index contributed by atoms with van der Waals surface area (Å²) in [7, 11) is 3.54.